The van der Waals surface area contributed by atoms with Crippen LogP contribution in [0.4, 0.5) is 16.2 Å². The zero-order valence-electron chi connectivity index (χ0n) is 19.7. The summed E-state index contributed by atoms with van der Waals surface area (Å²) in [6.07, 6.45) is 0. The summed E-state index contributed by atoms with van der Waals surface area (Å²) in [5.74, 6) is -0.750. The number of carbonyl (C=O) groups is 3. The van der Waals surface area contributed by atoms with Crippen LogP contribution in [0.5, 0.6) is 5.75 Å². The number of nitrogens with zero attached hydrogens (tertiary/aromatic N) is 1. The van der Waals surface area contributed by atoms with Gasteiger partial charge >= 0.3 is 12.0 Å². The van der Waals surface area contributed by atoms with Gasteiger partial charge in [0.15, 0.2) is 0 Å². The topological polar surface area (TPSA) is 108 Å². The zero-order chi connectivity index (χ0) is 25.1. The molecule has 0 aromatic heterocycles. The Balaban J connectivity index is 1.44. The van der Waals surface area contributed by atoms with E-state index in [9.17, 15) is 19.5 Å². The number of amides is 3. The molecule has 3 aromatic rings. The number of ether oxygens (including phenoxy) is 1. The van der Waals surface area contributed by atoms with Crippen molar-refractivity contribution >= 4 is 29.3 Å². The van der Waals surface area contributed by atoms with Crippen LogP contribution >= 0.6 is 0 Å². The van der Waals surface area contributed by atoms with Gasteiger partial charge in [-0.1, -0.05) is 32.0 Å². The molecule has 8 heteroatoms. The minimum absolute atomic E-state index is 0.202. The quantitative estimate of drug-likeness (QED) is 0.444. The molecule has 4 rings (SSSR count). The maximum Gasteiger partial charge on any atom is 0.326 e. The number of carbonyl (C=O) groups excluding carboxylic acids is 2. The molecule has 0 aliphatic carbocycles. The normalized spacial score (nSPS) is 13.4. The molecular weight excluding hydrogens is 446 g/mol. The van der Waals surface area contributed by atoms with Crippen LogP contribution in [0.3, 0.4) is 0 Å². The van der Waals surface area contributed by atoms with Crippen LogP contribution in [0.1, 0.15) is 29.8 Å². The average Bonchev–Trinajstić information content (AvgIpc) is 3.14. The number of carboxylic acid groups (broad SMARTS) is 1. The summed E-state index contributed by atoms with van der Waals surface area (Å²) in [7, 11) is 1.58. The lowest BCUT2D eigenvalue weighted by Crippen LogP contribution is -2.44. The number of carboxylic acids is 1. The largest absolute Gasteiger partial charge is 0.497 e. The van der Waals surface area contributed by atoms with Gasteiger partial charge in [-0.2, -0.15) is 0 Å². The van der Waals surface area contributed by atoms with E-state index in [0.717, 1.165) is 16.7 Å². The highest BCUT2D eigenvalue weighted by Crippen LogP contribution is 2.31. The fourth-order valence-electron chi connectivity index (χ4n) is 4.24. The molecule has 1 atom stereocenters. The van der Waals surface area contributed by atoms with Crippen LogP contribution in [0.2, 0.25) is 0 Å². The molecule has 0 bridgehead atoms. The van der Waals surface area contributed by atoms with Gasteiger partial charge < -0.3 is 25.4 Å². The molecule has 3 aromatic carbocycles. The van der Waals surface area contributed by atoms with E-state index in [2.05, 4.69) is 10.6 Å². The van der Waals surface area contributed by atoms with Crippen molar-refractivity contribution in [3.63, 3.8) is 0 Å². The van der Waals surface area contributed by atoms with E-state index in [1.54, 1.807) is 63.4 Å². The highest BCUT2D eigenvalue weighted by atomic mass is 16.5. The maximum atomic E-state index is 12.8. The Morgan fingerprint density at radius 1 is 0.914 bits per heavy atom. The van der Waals surface area contributed by atoms with Crippen molar-refractivity contribution in [2.24, 2.45) is 5.92 Å². The van der Waals surface area contributed by atoms with Gasteiger partial charge in [0, 0.05) is 23.5 Å². The second kappa shape index (κ2) is 9.89. The number of anilines is 2. The van der Waals surface area contributed by atoms with Gasteiger partial charge in [0.1, 0.15) is 11.8 Å². The van der Waals surface area contributed by atoms with Crippen LogP contribution in [-0.4, -0.2) is 41.1 Å². The number of hydrogen-bond acceptors (Lipinski definition) is 4. The summed E-state index contributed by atoms with van der Waals surface area (Å²) in [6, 6.07) is 18.7. The Labute approximate surface area is 203 Å². The van der Waals surface area contributed by atoms with Gasteiger partial charge in [-0.05, 0) is 71.1 Å². The first kappa shape index (κ1) is 23.8. The highest BCUT2D eigenvalue weighted by molar-refractivity contribution is 6.01. The molecule has 0 radical (unpaired) electrons. The number of urea groups is 1. The Morgan fingerprint density at radius 2 is 1.49 bits per heavy atom. The molecule has 0 spiro atoms. The van der Waals surface area contributed by atoms with Crippen LogP contribution in [-0.2, 0) is 11.3 Å². The minimum atomic E-state index is -1.000. The van der Waals surface area contributed by atoms with Gasteiger partial charge in [-0.15, -0.1) is 0 Å². The van der Waals surface area contributed by atoms with E-state index in [-0.39, 0.29) is 24.4 Å². The fourth-order valence-corrected chi connectivity index (χ4v) is 4.24. The molecule has 0 saturated carbocycles. The third-order valence-corrected chi connectivity index (χ3v) is 5.98. The highest BCUT2D eigenvalue weighted by Gasteiger charge is 2.38. The van der Waals surface area contributed by atoms with E-state index >= 15 is 0 Å². The summed E-state index contributed by atoms with van der Waals surface area (Å²) in [5, 5.41) is 15.2. The summed E-state index contributed by atoms with van der Waals surface area (Å²) in [5.41, 5.74) is 4.44. The molecule has 0 fully saturated rings. The summed E-state index contributed by atoms with van der Waals surface area (Å²) in [4.78, 5) is 38.3. The number of rotatable bonds is 7. The van der Waals surface area contributed by atoms with Crippen LogP contribution in [0, 0.1) is 5.92 Å². The third-order valence-electron chi connectivity index (χ3n) is 5.98. The van der Waals surface area contributed by atoms with E-state index < -0.39 is 12.0 Å². The van der Waals surface area contributed by atoms with E-state index in [4.69, 9.17) is 4.74 Å². The molecule has 3 N–H and O–H groups in total. The lowest BCUT2D eigenvalue weighted by Gasteiger charge is -2.27. The second-order valence-electron chi connectivity index (χ2n) is 8.72. The van der Waals surface area contributed by atoms with Crippen LogP contribution < -0.4 is 15.4 Å². The van der Waals surface area contributed by atoms with Crippen molar-refractivity contribution in [2.75, 3.05) is 17.7 Å². The SMILES string of the molecule is COc1ccc(NC(=O)Nc2ccc(-c3ccc4c(c3)CN([C@H](C(=O)O)C(C)C)C4=O)cc2)cc1. The minimum Gasteiger partial charge on any atom is -0.497 e. The molecular formula is C27H27N3O5. The lowest BCUT2D eigenvalue weighted by molar-refractivity contribution is -0.144. The lowest BCUT2D eigenvalue weighted by atomic mass is 10.0. The van der Waals surface area contributed by atoms with E-state index in [0.29, 0.717) is 22.7 Å². The summed E-state index contributed by atoms with van der Waals surface area (Å²) in [6.45, 7) is 3.86. The van der Waals surface area contributed by atoms with Crippen molar-refractivity contribution in [2.45, 2.75) is 26.4 Å². The average molecular weight is 474 g/mol. The number of hydrogen-bond donors (Lipinski definition) is 3. The standard InChI is InChI=1S/C27H27N3O5/c1-16(2)24(26(32)33)30-15-19-14-18(6-13-23(19)25(30)31)17-4-7-20(8-5-17)28-27(34)29-21-9-11-22(35-3)12-10-21/h4-14,16,24H,15H2,1-3H3,(H,32,33)(H2,28,29,34)/t24-/m0/s1. The monoisotopic (exact) mass is 473 g/mol. The Morgan fingerprint density at radius 3 is 2.03 bits per heavy atom. The molecule has 3 amide bonds. The fraction of sp³-hybridized carbons (Fsp3) is 0.222. The van der Waals surface area contributed by atoms with Crippen LogP contribution in [0.15, 0.2) is 66.7 Å². The maximum absolute atomic E-state index is 12.8. The number of fused-ring (bicyclic) bond motifs is 1. The number of methoxy groups -OCH3 is 1. The first-order valence-corrected chi connectivity index (χ1v) is 11.3. The molecule has 0 unspecified atom stereocenters. The predicted octanol–water partition coefficient (Wildman–Crippen LogP) is 5.07. The van der Waals surface area contributed by atoms with Crippen molar-refractivity contribution in [1.29, 1.82) is 0 Å². The smallest absolute Gasteiger partial charge is 0.326 e. The van der Waals surface area contributed by atoms with Gasteiger partial charge in [0.2, 0.25) is 0 Å². The first-order valence-electron chi connectivity index (χ1n) is 11.3. The Hall–Kier alpha value is -4.33. The van der Waals surface area contributed by atoms with Gasteiger partial charge in [0.25, 0.3) is 5.91 Å². The van der Waals surface area contributed by atoms with Gasteiger partial charge in [0.05, 0.1) is 7.11 Å². The molecule has 1 heterocycles. The second-order valence-corrected chi connectivity index (χ2v) is 8.72. The van der Waals surface area contributed by atoms with Crippen molar-refractivity contribution < 1.29 is 24.2 Å². The van der Waals surface area contributed by atoms with Crippen molar-refractivity contribution in [3.05, 3.63) is 77.9 Å². The zero-order valence-corrected chi connectivity index (χ0v) is 19.7. The molecule has 8 nitrogen and oxygen atoms in total. The molecule has 35 heavy (non-hydrogen) atoms. The Kier molecular flexibility index (Phi) is 6.73. The predicted molar refractivity (Wildman–Crippen MR) is 134 cm³/mol. The number of benzene rings is 3. The first-order chi connectivity index (χ1) is 16.8. The summed E-state index contributed by atoms with van der Waals surface area (Å²) < 4.78 is 5.11. The van der Waals surface area contributed by atoms with Gasteiger partial charge in [-0.3, -0.25) is 4.79 Å². The van der Waals surface area contributed by atoms with E-state index in [1.807, 2.05) is 24.3 Å². The number of nitrogens with one attached hydrogen (secondary N) is 2. The van der Waals surface area contributed by atoms with Crippen molar-refractivity contribution in [3.8, 4) is 16.9 Å². The third kappa shape index (κ3) is 5.11. The molecule has 0 saturated heterocycles. The van der Waals surface area contributed by atoms with Crippen molar-refractivity contribution in [1.82, 2.24) is 4.90 Å². The summed E-state index contributed by atoms with van der Waals surface area (Å²) >= 11 is 0. The Bertz CT molecular complexity index is 1250. The number of aliphatic carboxylic acids is 1. The molecule has 1 aliphatic rings. The van der Waals surface area contributed by atoms with Crippen LogP contribution in [0.25, 0.3) is 11.1 Å². The molecule has 180 valence electrons. The molecule has 1 aliphatic heterocycles. The van der Waals surface area contributed by atoms with Gasteiger partial charge in [-0.25, -0.2) is 9.59 Å². The van der Waals surface area contributed by atoms with E-state index in [1.165, 1.54) is 4.90 Å².